The molecule has 0 bridgehead atoms. The van der Waals surface area contributed by atoms with E-state index in [1.165, 1.54) is 0 Å². The molecule has 3 rings (SSSR count). The normalized spacial score (nSPS) is 10.9. The van der Waals surface area contributed by atoms with Crippen LogP contribution in [0.2, 0.25) is 5.02 Å². The number of hydrogen-bond donors (Lipinski definition) is 1. The molecule has 2 aromatic heterocycles. The third-order valence-electron chi connectivity index (χ3n) is 3.15. The maximum Gasteiger partial charge on any atom is 0.192 e. The lowest BCUT2D eigenvalue weighted by Crippen LogP contribution is -1.90. The Bertz CT molecular complexity index is 842. The van der Waals surface area contributed by atoms with Crippen LogP contribution in [0.25, 0.3) is 22.0 Å². The van der Waals surface area contributed by atoms with E-state index in [4.69, 9.17) is 16.9 Å². The summed E-state index contributed by atoms with van der Waals surface area (Å²) in [5.41, 5.74) is 2.47. The van der Waals surface area contributed by atoms with Gasteiger partial charge in [-0.3, -0.25) is 0 Å². The van der Waals surface area contributed by atoms with Crippen LogP contribution in [0.5, 0.6) is 0 Å². The van der Waals surface area contributed by atoms with Crippen LogP contribution in [0.15, 0.2) is 24.3 Å². The monoisotopic (exact) mass is 329 g/mol. The number of aromatic nitrogens is 4. The summed E-state index contributed by atoms with van der Waals surface area (Å²) in [6, 6.07) is 9.58. The molecule has 0 saturated carbocycles. The van der Waals surface area contributed by atoms with Crippen LogP contribution in [0, 0.1) is 11.3 Å². The number of nitriles is 1. The molecule has 0 amide bonds. The molecule has 3 aromatic rings. The second kappa shape index (κ2) is 5.87. The summed E-state index contributed by atoms with van der Waals surface area (Å²) in [4.78, 5) is 5.76. The average Bonchev–Trinajstić information content (AvgIpc) is 3.14. The summed E-state index contributed by atoms with van der Waals surface area (Å²) in [6.07, 6.45) is 0. The van der Waals surface area contributed by atoms with Crippen molar-refractivity contribution >= 4 is 22.9 Å². The van der Waals surface area contributed by atoms with Gasteiger partial charge in [-0.15, -0.1) is 16.4 Å². The molecule has 2 heterocycles. The Morgan fingerprint density at radius 1 is 1.18 bits per heavy atom. The smallest absolute Gasteiger partial charge is 0.192 e. The van der Waals surface area contributed by atoms with E-state index in [0.717, 1.165) is 21.1 Å². The van der Waals surface area contributed by atoms with E-state index < -0.39 is 0 Å². The van der Waals surface area contributed by atoms with Gasteiger partial charge in [-0.2, -0.15) is 15.6 Å². The predicted molar refractivity (Wildman–Crippen MR) is 86.7 cm³/mol. The summed E-state index contributed by atoms with van der Waals surface area (Å²) in [5.74, 6) is 0.275. The Morgan fingerprint density at radius 2 is 1.91 bits per heavy atom. The van der Waals surface area contributed by atoms with Crippen LogP contribution >= 0.6 is 22.9 Å². The summed E-state index contributed by atoms with van der Waals surface area (Å²) in [7, 11) is 0. The van der Waals surface area contributed by atoms with Crippen LogP contribution in [-0.2, 0) is 0 Å². The van der Waals surface area contributed by atoms with Gasteiger partial charge in [0.15, 0.2) is 11.4 Å². The van der Waals surface area contributed by atoms with Gasteiger partial charge in [0.25, 0.3) is 0 Å². The topological polar surface area (TPSA) is 78.2 Å². The molecule has 0 radical (unpaired) electrons. The number of thiazole rings is 1. The molecule has 0 unspecified atom stereocenters. The first-order chi connectivity index (χ1) is 10.6. The lowest BCUT2D eigenvalue weighted by Gasteiger charge is -2.02. The fourth-order valence-electron chi connectivity index (χ4n) is 2.08. The molecule has 0 aliphatic carbocycles. The van der Waals surface area contributed by atoms with Crippen molar-refractivity contribution in [3.8, 4) is 28.0 Å². The Kier molecular flexibility index (Phi) is 3.92. The molecule has 0 fully saturated rings. The molecule has 0 aliphatic rings. The lowest BCUT2D eigenvalue weighted by atomic mass is 10.1. The maximum atomic E-state index is 9.14. The number of aromatic amines is 1. The SMILES string of the molecule is CC(C)c1sc(-c2ccc(Cl)cc2)nc1-c1n[nH]nc1C#N. The molecule has 0 saturated heterocycles. The fraction of sp³-hybridized carbons (Fsp3) is 0.200. The molecule has 1 N–H and O–H groups in total. The van der Waals surface area contributed by atoms with Crippen molar-refractivity contribution in [2.75, 3.05) is 0 Å². The van der Waals surface area contributed by atoms with Gasteiger partial charge < -0.3 is 0 Å². The number of rotatable bonds is 3. The van der Waals surface area contributed by atoms with Crippen molar-refractivity contribution in [2.24, 2.45) is 0 Å². The van der Waals surface area contributed by atoms with Crippen molar-refractivity contribution in [3.05, 3.63) is 39.9 Å². The van der Waals surface area contributed by atoms with Crippen LogP contribution in [0.4, 0.5) is 0 Å². The minimum atomic E-state index is 0.259. The highest BCUT2D eigenvalue weighted by atomic mass is 35.5. The Morgan fingerprint density at radius 3 is 2.55 bits per heavy atom. The molecular formula is C15H12ClN5S. The van der Waals surface area contributed by atoms with Gasteiger partial charge in [0, 0.05) is 15.5 Å². The largest absolute Gasteiger partial charge is 0.234 e. The average molecular weight is 330 g/mol. The van der Waals surface area contributed by atoms with Gasteiger partial charge in [0.05, 0.1) is 0 Å². The molecule has 0 atom stereocenters. The summed E-state index contributed by atoms with van der Waals surface area (Å²) >= 11 is 7.53. The minimum Gasteiger partial charge on any atom is -0.234 e. The maximum absolute atomic E-state index is 9.14. The Hall–Kier alpha value is -2.23. The van der Waals surface area contributed by atoms with E-state index in [1.807, 2.05) is 30.3 Å². The van der Waals surface area contributed by atoms with Crippen LogP contribution in [-0.4, -0.2) is 20.4 Å². The van der Waals surface area contributed by atoms with Crippen molar-refractivity contribution in [1.29, 1.82) is 5.26 Å². The standard InChI is InChI=1S/C15H12ClN5S/c1-8(2)14-13(12-11(7-17)19-21-20-12)18-15(22-14)9-3-5-10(16)6-4-9/h3-6,8H,1-2H3,(H,19,20,21). The molecular weight excluding hydrogens is 318 g/mol. The first-order valence-electron chi connectivity index (χ1n) is 6.68. The van der Waals surface area contributed by atoms with Crippen LogP contribution < -0.4 is 0 Å². The van der Waals surface area contributed by atoms with E-state index >= 15 is 0 Å². The summed E-state index contributed by atoms with van der Waals surface area (Å²) in [5, 5.41) is 21.1. The quantitative estimate of drug-likeness (QED) is 0.779. The highest BCUT2D eigenvalue weighted by Crippen LogP contribution is 2.38. The van der Waals surface area contributed by atoms with Gasteiger partial charge in [-0.05, 0) is 18.1 Å². The highest BCUT2D eigenvalue weighted by molar-refractivity contribution is 7.15. The molecule has 110 valence electrons. The zero-order valence-electron chi connectivity index (χ0n) is 12.0. The van der Waals surface area contributed by atoms with Crippen LogP contribution in [0.3, 0.4) is 0 Å². The molecule has 0 aliphatic heterocycles. The second-order valence-corrected chi connectivity index (χ2v) is 6.49. The second-order valence-electron chi connectivity index (χ2n) is 5.03. The van der Waals surface area contributed by atoms with E-state index in [1.54, 1.807) is 11.3 Å². The molecule has 7 heteroatoms. The molecule has 0 spiro atoms. The van der Waals surface area contributed by atoms with Crippen molar-refractivity contribution in [2.45, 2.75) is 19.8 Å². The molecule has 1 aromatic carbocycles. The zero-order chi connectivity index (χ0) is 15.7. The lowest BCUT2D eigenvalue weighted by molar-refractivity contribution is 0.885. The molecule has 22 heavy (non-hydrogen) atoms. The zero-order valence-corrected chi connectivity index (χ0v) is 13.5. The van der Waals surface area contributed by atoms with Gasteiger partial charge in [0.1, 0.15) is 16.8 Å². The van der Waals surface area contributed by atoms with Gasteiger partial charge >= 0.3 is 0 Å². The summed E-state index contributed by atoms with van der Waals surface area (Å²) in [6.45, 7) is 4.18. The van der Waals surface area contributed by atoms with Gasteiger partial charge in [-0.25, -0.2) is 4.98 Å². The number of benzene rings is 1. The van der Waals surface area contributed by atoms with E-state index in [-0.39, 0.29) is 11.6 Å². The third-order valence-corrected chi connectivity index (χ3v) is 4.80. The number of H-pyrrole nitrogens is 1. The molecule has 5 nitrogen and oxygen atoms in total. The first-order valence-corrected chi connectivity index (χ1v) is 7.87. The number of halogens is 1. The number of hydrogen-bond acceptors (Lipinski definition) is 5. The van der Waals surface area contributed by atoms with Crippen molar-refractivity contribution in [1.82, 2.24) is 20.4 Å². The first kappa shape index (κ1) is 14.7. The fourth-order valence-corrected chi connectivity index (χ4v) is 3.28. The minimum absolute atomic E-state index is 0.259. The highest BCUT2D eigenvalue weighted by Gasteiger charge is 2.21. The number of nitrogens with zero attached hydrogens (tertiary/aromatic N) is 4. The Balaban J connectivity index is 2.15. The predicted octanol–water partition coefficient (Wildman–Crippen LogP) is 4.24. The Labute approximate surface area is 136 Å². The van der Waals surface area contributed by atoms with Crippen molar-refractivity contribution in [3.63, 3.8) is 0 Å². The van der Waals surface area contributed by atoms with E-state index in [2.05, 4.69) is 34.2 Å². The van der Waals surface area contributed by atoms with Gasteiger partial charge in [0.2, 0.25) is 0 Å². The summed E-state index contributed by atoms with van der Waals surface area (Å²) < 4.78 is 0. The number of nitrogens with one attached hydrogen (secondary N) is 1. The van der Waals surface area contributed by atoms with Gasteiger partial charge in [-0.1, -0.05) is 37.6 Å². The van der Waals surface area contributed by atoms with E-state index in [0.29, 0.717) is 10.7 Å². The van der Waals surface area contributed by atoms with Crippen molar-refractivity contribution < 1.29 is 0 Å². The third kappa shape index (κ3) is 2.61. The van der Waals surface area contributed by atoms with E-state index in [9.17, 15) is 0 Å². The van der Waals surface area contributed by atoms with Crippen LogP contribution in [0.1, 0.15) is 30.3 Å².